The molecule has 0 aromatic heterocycles. The predicted molar refractivity (Wildman–Crippen MR) is 62.3 cm³/mol. The lowest BCUT2D eigenvalue weighted by molar-refractivity contribution is 0.313. The van der Waals surface area contributed by atoms with E-state index in [0.29, 0.717) is 5.41 Å². The normalized spacial score (nSPS) is 33.5. The first-order valence-corrected chi connectivity index (χ1v) is 5.99. The van der Waals surface area contributed by atoms with E-state index in [-0.39, 0.29) is 0 Å². The summed E-state index contributed by atoms with van der Waals surface area (Å²) >= 11 is 0. The van der Waals surface area contributed by atoms with Gasteiger partial charge in [0.25, 0.3) is 0 Å². The molecule has 0 heterocycles. The molecule has 0 aliphatic heterocycles. The van der Waals surface area contributed by atoms with E-state index in [0.717, 1.165) is 0 Å². The van der Waals surface area contributed by atoms with Gasteiger partial charge in [-0.15, -0.1) is 0 Å². The van der Waals surface area contributed by atoms with Crippen LogP contribution in [0.25, 0.3) is 0 Å². The van der Waals surface area contributed by atoms with Gasteiger partial charge in [-0.2, -0.15) is 0 Å². The van der Waals surface area contributed by atoms with Gasteiger partial charge in [-0.1, -0.05) is 29.7 Å². The minimum absolute atomic E-state index is 0.484. The molecule has 0 heteroatoms. The van der Waals surface area contributed by atoms with Crippen LogP contribution in [0.3, 0.4) is 0 Å². The SMILES string of the molecule is C/C=C(\C)C1(C)CCCC(=C2CC2)C1. The molecule has 0 N–H and O–H groups in total. The molecule has 2 aliphatic rings. The highest BCUT2D eigenvalue weighted by molar-refractivity contribution is 5.29. The molecule has 0 saturated heterocycles. The molecule has 0 aromatic carbocycles. The van der Waals surface area contributed by atoms with Crippen LogP contribution in [-0.4, -0.2) is 0 Å². The molecule has 14 heavy (non-hydrogen) atoms. The lowest BCUT2D eigenvalue weighted by Gasteiger charge is -2.36. The van der Waals surface area contributed by atoms with E-state index in [1.807, 2.05) is 0 Å². The van der Waals surface area contributed by atoms with Crippen molar-refractivity contribution in [3.8, 4) is 0 Å². The van der Waals surface area contributed by atoms with Crippen LogP contribution in [0.1, 0.15) is 59.3 Å². The van der Waals surface area contributed by atoms with Crippen molar-refractivity contribution < 1.29 is 0 Å². The monoisotopic (exact) mass is 190 g/mol. The Morgan fingerprint density at radius 3 is 2.50 bits per heavy atom. The van der Waals surface area contributed by atoms with E-state index in [1.54, 1.807) is 16.7 Å². The van der Waals surface area contributed by atoms with Crippen molar-refractivity contribution in [1.29, 1.82) is 0 Å². The first-order chi connectivity index (χ1) is 6.65. The fourth-order valence-corrected chi connectivity index (χ4v) is 2.74. The van der Waals surface area contributed by atoms with Crippen LogP contribution in [0, 0.1) is 5.41 Å². The van der Waals surface area contributed by atoms with Gasteiger partial charge in [-0.05, 0) is 57.8 Å². The highest BCUT2D eigenvalue weighted by atomic mass is 14.4. The molecular weight excluding hydrogens is 168 g/mol. The second-order valence-corrected chi connectivity index (χ2v) is 5.27. The Morgan fingerprint density at radius 1 is 1.21 bits per heavy atom. The largest absolute Gasteiger partial charge is 0.0882 e. The van der Waals surface area contributed by atoms with Crippen LogP contribution in [0.2, 0.25) is 0 Å². The molecule has 2 rings (SSSR count). The van der Waals surface area contributed by atoms with Crippen LogP contribution in [0.5, 0.6) is 0 Å². The summed E-state index contributed by atoms with van der Waals surface area (Å²) in [6.45, 7) is 6.93. The summed E-state index contributed by atoms with van der Waals surface area (Å²) in [5.41, 5.74) is 5.67. The van der Waals surface area contributed by atoms with Crippen molar-refractivity contribution in [2.45, 2.75) is 59.3 Å². The van der Waals surface area contributed by atoms with Gasteiger partial charge >= 0.3 is 0 Å². The maximum Gasteiger partial charge on any atom is -0.00819 e. The van der Waals surface area contributed by atoms with Gasteiger partial charge in [-0.3, -0.25) is 0 Å². The molecule has 0 aromatic rings. The quantitative estimate of drug-likeness (QED) is 0.529. The lowest BCUT2D eigenvalue weighted by Crippen LogP contribution is -2.22. The molecule has 0 spiro atoms. The minimum atomic E-state index is 0.484. The summed E-state index contributed by atoms with van der Waals surface area (Å²) in [6.07, 6.45) is 10.6. The van der Waals surface area contributed by atoms with Crippen LogP contribution in [-0.2, 0) is 0 Å². The molecule has 1 unspecified atom stereocenters. The third-order valence-corrected chi connectivity index (χ3v) is 4.20. The average molecular weight is 190 g/mol. The molecule has 2 aliphatic carbocycles. The van der Waals surface area contributed by atoms with E-state index in [1.165, 1.54) is 38.5 Å². The smallest absolute Gasteiger partial charge is 0.00819 e. The highest BCUT2D eigenvalue weighted by Crippen LogP contribution is 2.48. The summed E-state index contributed by atoms with van der Waals surface area (Å²) < 4.78 is 0. The summed E-state index contributed by atoms with van der Waals surface area (Å²) in [5.74, 6) is 0. The number of rotatable bonds is 1. The molecule has 2 fully saturated rings. The van der Waals surface area contributed by atoms with Crippen molar-refractivity contribution in [2.24, 2.45) is 5.41 Å². The zero-order valence-electron chi connectivity index (χ0n) is 9.82. The summed E-state index contributed by atoms with van der Waals surface area (Å²) in [4.78, 5) is 0. The molecule has 1 atom stereocenters. The van der Waals surface area contributed by atoms with Gasteiger partial charge in [0.15, 0.2) is 0 Å². The summed E-state index contributed by atoms with van der Waals surface area (Å²) in [5, 5.41) is 0. The molecule has 0 amide bonds. The maximum atomic E-state index is 2.45. The van der Waals surface area contributed by atoms with Crippen molar-refractivity contribution in [2.75, 3.05) is 0 Å². The summed E-state index contributed by atoms with van der Waals surface area (Å²) in [7, 11) is 0. The van der Waals surface area contributed by atoms with E-state index >= 15 is 0 Å². The number of hydrogen-bond donors (Lipinski definition) is 0. The van der Waals surface area contributed by atoms with Crippen LogP contribution >= 0.6 is 0 Å². The molecule has 0 bridgehead atoms. The van der Waals surface area contributed by atoms with E-state index in [9.17, 15) is 0 Å². The molecule has 2 saturated carbocycles. The Bertz CT molecular complexity index is 287. The van der Waals surface area contributed by atoms with E-state index in [2.05, 4.69) is 26.8 Å². The van der Waals surface area contributed by atoms with Crippen molar-refractivity contribution in [1.82, 2.24) is 0 Å². The van der Waals surface area contributed by atoms with Crippen molar-refractivity contribution in [3.05, 3.63) is 22.8 Å². The first kappa shape index (κ1) is 10.0. The molecule has 0 radical (unpaired) electrons. The Labute approximate surface area is 88.1 Å². The van der Waals surface area contributed by atoms with Gasteiger partial charge in [0, 0.05) is 0 Å². The van der Waals surface area contributed by atoms with Gasteiger partial charge in [0.2, 0.25) is 0 Å². The first-order valence-electron chi connectivity index (χ1n) is 5.99. The lowest BCUT2D eigenvalue weighted by atomic mass is 9.69. The third kappa shape index (κ3) is 1.80. The second-order valence-electron chi connectivity index (χ2n) is 5.27. The zero-order chi connectivity index (χ0) is 10.2. The average Bonchev–Trinajstić information content (AvgIpc) is 3.00. The molecular formula is C14H22. The Kier molecular flexibility index (Phi) is 2.55. The highest BCUT2D eigenvalue weighted by Gasteiger charge is 2.32. The van der Waals surface area contributed by atoms with Gasteiger partial charge in [-0.25, -0.2) is 0 Å². The van der Waals surface area contributed by atoms with Gasteiger partial charge < -0.3 is 0 Å². The van der Waals surface area contributed by atoms with Crippen LogP contribution < -0.4 is 0 Å². The number of hydrogen-bond acceptors (Lipinski definition) is 0. The number of allylic oxidation sites excluding steroid dienone is 4. The van der Waals surface area contributed by atoms with Crippen molar-refractivity contribution >= 4 is 0 Å². The van der Waals surface area contributed by atoms with Crippen molar-refractivity contribution in [3.63, 3.8) is 0 Å². The Hall–Kier alpha value is -0.520. The fraction of sp³-hybridized carbons (Fsp3) is 0.714. The maximum absolute atomic E-state index is 2.45. The summed E-state index contributed by atoms with van der Waals surface area (Å²) in [6, 6.07) is 0. The van der Waals surface area contributed by atoms with Crippen LogP contribution in [0.4, 0.5) is 0 Å². The third-order valence-electron chi connectivity index (χ3n) is 4.20. The predicted octanol–water partition coefficient (Wildman–Crippen LogP) is 4.62. The Balaban J connectivity index is 2.17. The van der Waals surface area contributed by atoms with Gasteiger partial charge in [0.05, 0.1) is 0 Å². The topological polar surface area (TPSA) is 0 Å². The second kappa shape index (κ2) is 3.56. The fourth-order valence-electron chi connectivity index (χ4n) is 2.74. The zero-order valence-corrected chi connectivity index (χ0v) is 9.82. The van der Waals surface area contributed by atoms with Crippen LogP contribution in [0.15, 0.2) is 22.8 Å². The standard InChI is InChI=1S/C14H22/c1-4-11(2)14(3)9-5-6-13(10-14)12-7-8-12/h4H,5-10H2,1-3H3/b11-4+. The molecule has 78 valence electrons. The molecule has 0 nitrogen and oxygen atoms in total. The van der Waals surface area contributed by atoms with Gasteiger partial charge in [0.1, 0.15) is 0 Å². The minimum Gasteiger partial charge on any atom is -0.0882 e. The van der Waals surface area contributed by atoms with E-state index < -0.39 is 0 Å². The Morgan fingerprint density at radius 2 is 1.93 bits per heavy atom. The van der Waals surface area contributed by atoms with E-state index in [4.69, 9.17) is 0 Å².